The zero-order valence-electron chi connectivity index (χ0n) is 13.7. The van der Waals surface area contributed by atoms with Gasteiger partial charge in [-0.15, -0.1) is 11.3 Å². The fourth-order valence-corrected chi connectivity index (χ4v) is 2.07. The van der Waals surface area contributed by atoms with Crippen molar-refractivity contribution in [1.82, 2.24) is 15.6 Å². The Hall–Kier alpha value is -2.16. The van der Waals surface area contributed by atoms with Gasteiger partial charge in [-0.2, -0.15) is 0 Å². The second kappa shape index (κ2) is 6.95. The maximum atomic E-state index is 12.0. The van der Waals surface area contributed by atoms with Gasteiger partial charge in [-0.25, -0.2) is 14.6 Å². The molecule has 1 rings (SSSR count). The molecule has 1 heterocycles. The number of hydrogen-bond donors (Lipinski definition) is 3. The minimum Gasteiger partial charge on any atom is -0.480 e. The first kappa shape index (κ1) is 18.9. The summed E-state index contributed by atoms with van der Waals surface area (Å²) in [7, 11) is 0. The molecule has 0 spiro atoms. The minimum atomic E-state index is -1.39. The minimum absolute atomic E-state index is 0.102. The van der Waals surface area contributed by atoms with E-state index < -0.39 is 29.1 Å². The van der Waals surface area contributed by atoms with E-state index in [1.165, 1.54) is 30.6 Å². The van der Waals surface area contributed by atoms with E-state index in [1.54, 1.807) is 20.8 Å². The van der Waals surface area contributed by atoms with E-state index in [-0.39, 0.29) is 12.2 Å². The van der Waals surface area contributed by atoms with Crippen LogP contribution in [0.1, 0.15) is 50.1 Å². The number of alkyl carbamates (subject to hydrolysis) is 1. The maximum absolute atomic E-state index is 12.0. The quantitative estimate of drug-likeness (QED) is 0.750. The Morgan fingerprint density at radius 2 is 1.87 bits per heavy atom. The molecule has 0 aliphatic rings. The van der Waals surface area contributed by atoms with Gasteiger partial charge in [0.1, 0.15) is 21.8 Å². The van der Waals surface area contributed by atoms with Crippen LogP contribution in [0.4, 0.5) is 4.79 Å². The fourth-order valence-electron chi connectivity index (χ4n) is 1.36. The van der Waals surface area contributed by atoms with E-state index in [4.69, 9.17) is 9.84 Å². The van der Waals surface area contributed by atoms with Gasteiger partial charge in [0.2, 0.25) is 0 Å². The van der Waals surface area contributed by atoms with E-state index in [9.17, 15) is 14.4 Å². The summed E-state index contributed by atoms with van der Waals surface area (Å²) in [6.45, 7) is 8.14. The van der Waals surface area contributed by atoms with Crippen molar-refractivity contribution in [2.24, 2.45) is 0 Å². The summed E-state index contributed by atoms with van der Waals surface area (Å²) < 4.78 is 5.09. The van der Waals surface area contributed by atoms with E-state index in [0.29, 0.717) is 5.01 Å². The summed E-state index contributed by atoms with van der Waals surface area (Å²) >= 11 is 1.18. The Bertz CT molecular complexity index is 604. The highest BCUT2D eigenvalue weighted by Gasteiger charge is 2.30. The summed E-state index contributed by atoms with van der Waals surface area (Å²) in [6.07, 6.45) is -0.578. The van der Waals surface area contributed by atoms with E-state index in [2.05, 4.69) is 15.6 Å². The summed E-state index contributed by atoms with van der Waals surface area (Å²) in [5, 5.41) is 15.9. The number of aliphatic carboxylic acids is 1. The van der Waals surface area contributed by atoms with Gasteiger partial charge in [0, 0.05) is 5.38 Å². The fraction of sp³-hybridized carbons (Fsp3) is 0.571. The average Bonchev–Trinajstić information content (AvgIpc) is 2.82. The molecule has 1 aromatic heterocycles. The van der Waals surface area contributed by atoms with Gasteiger partial charge in [0.05, 0.1) is 6.54 Å². The average molecular weight is 343 g/mol. The highest BCUT2D eigenvalue weighted by molar-refractivity contribution is 7.09. The Labute approximate surface area is 138 Å². The van der Waals surface area contributed by atoms with Gasteiger partial charge in [0.15, 0.2) is 0 Å². The summed E-state index contributed by atoms with van der Waals surface area (Å²) in [6, 6.07) is 0. The summed E-state index contributed by atoms with van der Waals surface area (Å²) in [5.74, 6) is -1.73. The van der Waals surface area contributed by atoms with Gasteiger partial charge >= 0.3 is 12.1 Å². The van der Waals surface area contributed by atoms with Crippen molar-refractivity contribution in [3.63, 3.8) is 0 Å². The molecule has 0 unspecified atom stereocenters. The lowest BCUT2D eigenvalue weighted by molar-refractivity contribution is -0.143. The second-order valence-electron chi connectivity index (χ2n) is 6.37. The van der Waals surface area contributed by atoms with Crippen LogP contribution in [0, 0.1) is 0 Å². The van der Waals surface area contributed by atoms with Crippen LogP contribution in [0.15, 0.2) is 5.38 Å². The van der Waals surface area contributed by atoms with Crippen LogP contribution in [-0.2, 0) is 16.1 Å². The third-order valence-corrected chi connectivity index (χ3v) is 3.38. The number of nitrogens with zero attached hydrogens (tertiary/aromatic N) is 1. The molecule has 1 aromatic rings. The molecule has 0 aliphatic heterocycles. The van der Waals surface area contributed by atoms with Crippen LogP contribution < -0.4 is 10.6 Å². The predicted molar refractivity (Wildman–Crippen MR) is 84.4 cm³/mol. The molecule has 3 N–H and O–H groups in total. The molecular formula is C14H21N3O5S. The molecule has 9 heteroatoms. The molecule has 23 heavy (non-hydrogen) atoms. The summed E-state index contributed by atoms with van der Waals surface area (Å²) in [4.78, 5) is 38.6. The lowest BCUT2D eigenvalue weighted by atomic mass is 10.1. The van der Waals surface area contributed by atoms with Gasteiger partial charge in [0.25, 0.3) is 5.91 Å². The number of nitrogens with one attached hydrogen (secondary N) is 2. The molecule has 2 amide bonds. The largest absolute Gasteiger partial charge is 0.480 e. The number of carbonyl (C=O) groups excluding carboxylic acids is 2. The molecule has 0 saturated carbocycles. The monoisotopic (exact) mass is 343 g/mol. The van der Waals surface area contributed by atoms with Gasteiger partial charge in [-0.05, 0) is 34.6 Å². The third kappa shape index (κ3) is 6.23. The lowest BCUT2D eigenvalue weighted by Crippen LogP contribution is -2.49. The standard InChI is InChI=1S/C14H21N3O5S/c1-13(2,3)22-12(21)15-6-9-16-8(7-23-9)10(18)17-14(4,5)11(19)20/h7H,6H2,1-5H3,(H,15,21)(H,17,18)(H,19,20). The van der Waals surface area contributed by atoms with Gasteiger partial charge in [-0.3, -0.25) is 4.79 Å². The molecule has 0 aliphatic carbocycles. The first-order valence-corrected chi connectivity index (χ1v) is 7.76. The van der Waals surface area contributed by atoms with E-state index >= 15 is 0 Å². The molecule has 0 bridgehead atoms. The van der Waals surface area contributed by atoms with Crippen LogP contribution in [0.2, 0.25) is 0 Å². The molecule has 0 fully saturated rings. The first-order chi connectivity index (χ1) is 10.4. The number of carboxylic acid groups (broad SMARTS) is 1. The van der Waals surface area contributed by atoms with E-state index in [1.807, 2.05) is 0 Å². The SMILES string of the molecule is CC(C)(C)OC(=O)NCc1nc(C(=O)NC(C)(C)C(=O)O)cs1. The highest BCUT2D eigenvalue weighted by Crippen LogP contribution is 2.12. The van der Waals surface area contributed by atoms with Gasteiger partial charge in [-0.1, -0.05) is 0 Å². The number of thiazole rings is 1. The Morgan fingerprint density at radius 3 is 2.39 bits per heavy atom. The van der Waals surface area contributed by atoms with Crippen molar-refractivity contribution in [2.75, 3.05) is 0 Å². The van der Waals surface area contributed by atoms with Crippen molar-refractivity contribution in [2.45, 2.75) is 52.3 Å². The maximum Gasteiger partial charge on any atom is 0.408 e. The van der Waals surface area contributed by atoms with Crippen molar-refractivity contribution in [3.8, 4) is 0 Å². The molecule has 8 nitrogen and oxygen atoms in total. The molecule has 128 valence electrons. The van der Waals surface area contributed by atoms with Crippen molar-refractivity contribution >= 4 is 29.3 Å². The molecule has 0 radical (unpaired) electrons. The number of hydrogen-bond acceptors (Lipinski definition) is 6. The summed E-state index contributed by atoms with van der Waals surface area (Å²) in [5.41, 5.74) is -1.89. The van der Waals surface area contributed by atoms with Crippen molar-refractivity contribution in [1.29, 1.82) is 0 Å². The normalized spacial score (nSPS) is 11.7. The van der Waals surface area contributed by atoms with Crippen molar-refractivity contribution < 1.29 is 24.2 Å². The van der Waals surface area contributed by atoms with Crippen LogP contribution in [-0.4, -0.2) is 39.2 Å². The zero-order valence-corrected chi connectivity index (χ0v) is 14.5. The molecule has 0 aromatic carbocycles. The first-order valence-electron chi connectivity index (χ1n) is 6.88. The number of aromatic nitrogens is 1. The van der Waals surface area contributed by atoms with Crippen LogP contribution in [0.5, 0.6) is 0 Å². The Balaban J connectivity index is 2.60. The Morgan fingerprint density at radius 1 is 1.26 bits per heavy atom. The smallest absolute Gasteiger partial charge is 0.408 e. The molecule has 0 atom stereocenters. The van der Waals surface area contributed by atoms with Crippen LogP contribution in [0.25, 0.3) is 0 Å². The second-order valence-corrected chi connectivity index (χ2v) is 7.31. The van der Waals surface area contributed by atoms with Crippen LogP contribution in [0.3, 0.4) is 0 Å². The topological polar surface area (TPSA) is 118 Å². The van der Waals surface area contributed by atoms with Gasteiger partial charge < -0.3 is 20.5 Å². The highest BCUT2D eigenvalue weighted by atomic mass is 32.1. The molecular weight excluding hydrogens is 322 g/mol. The lowest BCUT2D eigenvalue weighted by Gasteiger charge is -2.20. The number of ether oxygens (including phenoxy) is 1. The van der Waals surface area contributed by atoms with E-state index in [0.717, 1.165) is 0 Å². The van der Waals surface area contributed by atoms with Crippen LogP contribution >= 0.6 is 11.3 Å². The third-order valence-electron chi connectivity index (χ3n) is 2.53. The number of carbonyl (C=O) groups is 3. The Kier molecular flexibility index (Phi) is 5.70. The number of rotatable bonds is 5. The van der Waals surface area contributed by atoms with Crippen molar-refractivity contribution in [3.05, 3.63) is 16.1 Å². The zero-order chi connectivity index (χ0) is 17.8. The molecule has 0 saturated heterocycles. The predicted octanol–water partition coefficient (Wildman–Crippen LogP) is 1.76. The number of amides is 2. The number of carboxylic acids is 1.